The number of amides is 3. The first-order valence-corrected chi connectivity index (χ1v) is 15.8. The highest BCUT2D eigenvalue weighted by atomic mass is 32.2. The van der Waals surface area contributed by atoms with Crippen molar-refractivity contribution in [1.82, 2.24) is 15.5 Å². The van der Waals surface area contributed by atoms with E-state index >= 15 is 0 Å². The van der Waals surface area contributed by atoms with Crippen LogP contribution >= 0.6 is 11.8 Å². The minimum Gasteiger partial charge on any atom is -0.446 e. The van der Waals surface area contributed by atoms with Gasteiger partial charge in [0, 0.05) is 24.1 Å². The number of fused-ring (bicyclic) bond motifs is 1. The molecule has 0 spiro atoms. The van der Waals surface area contributed by atoms with Crippen molar-refractivity contribution >= 4 is 29.7 Å². The highest BCUT2D eigenvalue weighted by Crippen LogP contribution is 2.40. The monoisotopic (exact) mass is 611 g/mol. The number of carbonyl (C=O) groups is 3. The van der Waals surface area contributed by atoms with Crippen LogP contribution in [0, 0.1) is 6.92 Å². The molecule has 5 rings (SSSR count). The van der Waals surface area contributed by atoms with Crippen molar-refractivity contribution in [3.8, 4) is 0 Å². The molecule has 0 aromatic heterocycles. The summed E-state index contributed by atoms with van der Waals surface area (Å²) in [5.74, 6) is -0.653. The van der Waals surface area contributed by atoms with Crippen LogP contribution in [0.2, 0.25) is 0 Å². The molecule has 0 bridgehead atoms. The van der Waals surface area contributed by atoms with Crippen LogP contribution in [0.5, 0.6) is 0 Å². The summed E-state index contributed by atoms with van der Waals surface area (Å²) in [6, 6.07) is 15.7. The molecule has 3 amide bonds. The molecule has 3 fully saturated rings. The fourth-order valence-electron chi connectivity index (χ4n) is 6.03. The van der Waals surface area contributed by atoms with Gasteiger partial charge in [-0.2, -0.15) is 0 Å². The lowest BCUT2D eigenvalue weighted by Gasteiger charge is -2.33. The van der Waals surface area contributed by atoms with Gasteiger partial charge in [-0.05, 0) is 50.3 Å². The zero-order valence-electron chi connectivity index (χ0n) is 24.9. The summed E-state index contributed by atoms with van der Waals surface area (Å²) >= 11 is 1.48. The molecule has 2 saturated heterocycles. The Labute approximate surface area is 256 Å². The maximum Gasteiger partial charge on any atom is 0.407 e. The fraction of sp³-hybridized carbons (Fsp3) is 0.531. The Morgan fingerprint density at radius 3 is 2.44 bits per heavy atom. The summed E-state index contributed by atoms with van der Waals surface area (Å²) in [5.41, 5.74) is 3.06. The number of hydrogen-bond donors (Lipinski definition) is 3. The third-order valence-corrected chi connectivity index (χ3v) is 9.93. The molecule has 2 aromatic carbocycles. The van der Waals surface area contributed by atoms with Crippen LogP contribution in [-0.2, 0) is 36.8 Å². The summed E-state index contributed by atoms with van der Waals surface area (Å²) in [6.45, 7) is 6.40. The third kappa shape index (κ3) is 7.52. The molecule has 2 heterocycles. The van der Waals surface area contributed by atoms with Gasteiger partial charge in [0.1, 0.15) is 18.9 Å². The molecule has 1 aliphatic carbocycles. The summed E-state index contributed by atoms with van der Waals surface area (Å²) in [4.78, 5) is 41.8. The zero-order valence-corrected chi connectivity index (χ0v) is 25.7. The number of hydrogen-bond acceptors (Lipinski definition) is 8. The summed E-state index contributed by atoms with van der Waals surface area (Å²) in [7, 11) is 0. The average Bonchev–Trinajstić information content (AvgIpc) is 3.67. The highest BCUT2D eigenvalue weighted by Gasteiger charge is 2.50. The number of rotatable bonds is 10. The molecule has 10 nitrogen and oxygen atoms in total. The second-order valence-corrected chi connectivity index (χ2v) is 13.6. The number of nitrogens with one attached hydrogen (secondary N) is 2. The number of ether oxygens (including phenoxy) is 3. The molecule has 43 heavy (non-hydrogen) atoms. The summed E-state index contributed by atoms with van der Waals surface area (Å²) in [6.07, 6.45) is -0.969. The lowest BCUT2D eigenvalue weighted by atomic mass is 9.97. The summed E-state index contributed by atoms with van der Waals surface area (Å²) in [5, 5.41) is 17.2. The smallest absolute Gasteiger partial charge is 0.407 e. The van der Waals surface area contributed by atoms with Crippen molar-refractivity contribution in [2.45, 2.75) is 94.2 Å². The molecule has 6 atom stereocenters. The van der Waals surface area contributed by atoms with E-state index in [1.807, 2.05) is 75.4 Å². The van der Waals surface area contributed by atoms with E-state index in [0.717, 1.165) is 16.7 Å². The van der Waals surface area contributed by atoms with Gasteiger partial charge in [-0.25, -0.2) is 4.79 Å². The molecule has 0 radical (unpaired) electrons. The van der Waals surface area contributed by atoms with Crippen molar-refractivity contribution in [2.75, 3.05) is 12.7 Å². The Morgan fingerprint density at radius 1 is 1.07 bits per heavy atom. The quantitative estimate of drug-likeness (QED) is 0.374. The van der Waals surface area contributed by atoms with Gasteiger partial charge in [-0.15, -0.1) is 11.8 Å². The molecule has 2 aliphatic heterocycles. The second-order valence-electron chi connectivity index (χ2n) is 12.0. The molecular weight excluding hydrogens is 570 g/mol. The van der Waals surface area contributed by atoms with Crippen LogP contribution in [0.15, 0.2) is 54.6 Å². The normalized spacial score (nSPS) is 25.5. The Hall–Kier alpha value is -3.12. The van der Waals surface area contributed by atoms with Crippen molar-refractivity contribution in [3.05, 3.63) is 71.3 Å². The van der Waals surface area contributed by atoms with E-state index in [2.05, 4.69) is 10.6 Å². The minimum atomic E-state index is -1.58. The first kappa shape index (κ1) is 31.3. The predicted octanol–water partition coefficient (Wildman–Crippen LogP) is 3.28. The lowest BCUT2D eigenvalue weighted by Crippen LogP contribution is -2.58. The van der Waals surface area contributed by atoms with Crippen LogP contribution in [0.4, 0.5) is 4.79 Å². The van der Waals surface area contributed by atoms with Crippen LogP contribution < -0.4 is 10.6 Å². The van der Waals surface area contributed by atoms with Gasteiger partial charge in [0.2, 0.25) is 5.91 Å². The van der Waals surface area contributed by atoms with E-state index in [0.29, 0.717) is 32.2 Å². The van der Waals surface area contributed by atoms with Crippen molar-refractivity contribution in [3.63, 3.8) is 0 Å². The van der Waals surface area contributed by atoms with Gasteiger partial charge in [0.25, 0.3) is 5.91 Å². The minimum absolute atomic E-state index is 0.0937. The SMILES string of the molecule is Cc1ccccc1CNC(=O)[C@H]1N(C(=O)[C@@H](O)[C@H](CCc2ccccc2)NC(=O)OC2C[C@@H]3OCO[C@@H]3C2)CSC1(C)C. The largest absolute Gasteiger partial charge is 0.446 e. The van der Waals surface area contributed by atoms with E-state index in [9.17, 15) is 19.5 Å². The van der Waals surface area contributed by atoms with Crippen molar-refractivity contribution < 1.29 is 33.7 Å². The topological polar surface area (TPSA) is 126 Å². The highest BCUT2D eigenvalue weighted by molar-refractivity contribution is 8.00. The zero-order chi connectivity index (χ0) is 30.6. The van der Waals surface area contributed by atoms with E-state index in [1.165, 1.54) is 16.7 Å². The number of aliphatic hydroxyl groups is 1. The van der Waals surface area contributed by atoms with Gasteiger partial charge in [-0.1, -0.05) is 54.6 Å². The first-order chi connectivity index (χ1) is 20.6. The van der Waals surface area contributed by atoms with Crippen molar-refractivity contribution in [2.24, 2.45) is 0 Å². The van der Waals surface area contributed by atoms with Crippen molar-refractivity contribution in [1.29, 1.82) is 0 Å². The van der Waals surface area contributed by atoms with Crippen LogP contribution in [-0.4, -0.2) is 81.8 Å². The molecule has 3 N–H and O–H groups in total. The van der Waals surface area contributed by atoms with Gasteiger partial charge < -0.3 is 34.9 Å². The first-order valence-electron chi connectivity index (χ1n) is 14.8. The predicted molar refractivity (Wildman–Crippen MR) is 162 cm³/mol. The number of thioether (sulfide) groups is 1. The number of alkyl carbamates (subject to hydrolysis) is 1. The van der Waals surface area contributed by atoms with Gasteiger partial charge in [0.05, 0.1) is 24.1 Å². The number of carbonyl (C=O) groups excluding carboxylic acids is 3. The van der Waals surface area contributed by atoms with E-state index in [1.54, 1.807) is 0 Å². The maximum atomic E-state index is 13.8. The number of aliphatic hydroxyl groups excluding tert-OH is 1. The van der Waals surface area contributed by atoms with E-state index < -0.39 is 34.9 Å². The van der Waals surface area contributed by atoms with Gasteiger partial charge in [-0.3, -0.25) is 9.59 Å². The Bertz CT molecular complexity index is 1280. The van der Waals surface area contributed by atoms with E-state index in [-0.39, 0.29) is 36.9 Å². The number of aryl methyl sites for hydroxylation is 2. The van der Waals surface area contributed by atoms with Crippen LogP contribution in [0.1, 0.15) is 49.8 Å². The van der Waals surface area contributed by atoms with E-state index in [4.69, 9.17) is 14.2 Å². The number of benzene rings is 2. The molecule has 1 saturated carbocycles. The lowest BCUT2D eigenvalue weighted by molar-refractivity contribution is -0.147. The second kappa shape index (κ2) is 13.7. The molecule has 232 valence electrons. The van der Waals surface area contributed by atoms with Crippen LogP contribution in [0.3, 0.4) is 0 Å². The molecule has 2 aromatic rings. The van der Waals surface area contributed by atoms with Crippen LogP contribution in [0.25, 0.3) is 0 Å². The maximum absolute atomic E-state index is 13.8. The standard InChI is InChI=1S/C32H41N3O7S/c1-20-9-7-8-12-22(20)17-33-29(37)28-32(2,3)43-18-35(28)30(38)27(36)24(14-13-21-10-5-4-6-11-21)34-31(39)42-23-15-25-26(16-23)41-19-40-25/h4-12,23-28,36H,13-19H2,1-3H3,(H,33,37)(H,34,39)/t23?,24-,25-,26+,27-,28+/m0/s1. The molecule has 3 aliphatic rings. The number of nitrogens with zero attached hydrogens (tertiary/aromatic N) is 1. The average molecular weight is 612 g/mol. The Balaban J connectivity index is 1.26. The third-order valence-electron chi connectivity index (χ3n) is 8.56. The van der Waals surface area contributed by atoms with Gasteiger partial charge >= 0.3 is 6.09 Å². The fourth-order valence-corrected chi connectivity index (χ4v) is 7.17. The van der Waals surface area contributed by atoms with Gasteiger partial charge in [0.15, 0.2) is 6.10 Å². The molecule has 11 heteroatoms. The Kier molecular flexibility index (Phi) is 9.95. The Morgan fingerprint density at radius 2 is 1.74 bits per heavy atom. The molecule has 1 unspecified atom stereocenters. The molecular formula is C32H41N3O7S. The summed E-state index contributed by atoms with van der Waals surface area (Å²) < 4.78 is 16.1.